The molecule has 166 valence electrons. The van der Waals surface area contributed by atoms with Gasteiger partial charge in [-0.25, -0.2) is 13.1 Å². The van der Waals surface area contributed by atoms with Crippen LogP contribution in [0.2, 0.25) is 0 Å². The van der Waals surface area contributed by atoms with E-state index in [2.05, 4.69) is 31.9 Å². The summed E-state index contributed by atoms with van der Waals surface area (Å²) in [5, 5.41) is 11.2. The van der Waals surface area contributed by atoms with E-state index < -0.39 is 26.6 Å². The van der Waals surface area contributed by atoms with Gasteiger partial charge in [-0.2, -0.15) is 0 Å². The van der Waals surface area contributed by atoms with Gasteiger partial charge >= 0.3 is 0 Å². The number of sulfonamides is 1. The highest BCUT2D eigenvalue weighted by molar-refractivity contribution is 9.13. The molecule has 0 aliphatic carbocycles. The molecule has 0 aliphatic heterocycles. The maximum atomic E-state index is 12.9. The van der Waals surface area contributed by atoms with Crippen LogP contribution in [0, 0.1) is 17.0 Å². The van der Waals surface area contributed by atoms with E-state index in [0.717, 1.165) is 16.5 Å². The lowest BCUT2D eigenvalue weighted by Crippen LogP contribution is -2.32. The third-order valence-corrected chi connectivity index (χ3v) is 8.69. The van der Waals surface area contributed by atoms with Gasteiger partial charge in [0.2, 0.25) is 10.0 Å². The van der Waals surface area contributed by atoms with Crippen molar-refractivity contribution < 1.29 is 18.1 Å². The summed E-state index contributed by atoms with van der Waals surface area (Å²) in [5.41, 5.74) is 1.10. The number of nitrogens with zero attached hydrogens (tertiary/aromatic N) is 1. The van der Waals surface area contributed by atoms with Crippen LogP contribution in [0.25, 0.3) is 0 Å². The van der Waals surface area contributed by atoms with Gasteiger partial charge in [-0.15, -0.1) is 0 Å². The van der Waals surface area contributed by atoms with Gasteiger partial charge in [0.05, 0.1) is 16.2 Å². The molecule has 0 atom stereocenters. The maximum Gasteiger partial charge on any atom is 0.270 e. The van der Waals surface area contributed by atoms with Crippen LogP contribution in [0.1, 0.15) is 21.5 Å². The number of amides is 1. The number of nitro benzene ring substituents is 1. The summed E-state index contributed by atoms with van der Waals surface area (Å²) in [5.74, 6) is -1.39. The summed E-state index contributed by atoms with van der Waals surface area (Å²) in [4.78, 5) is 24.7. The van der Waals surface area contributed by atoms with Crippen molar-refractivity contribution >= 4 is 65.2 Å². The first kappa shape index (κ1) is 24.4. The summed E-state index contributed by atoms with van der Waals surface area (Å²) in [6, 6.07) is 16.3. The first-order valence-corrected chi connectivity index (χ1v) is 13.1. The zero-order valence-electron chi connectivity index (χ0n) is 16.5. The number of carbonyl (C=O) groups excluding carboxylic acids is 1. The van der Waals surface area contributed by atoms with E-state index in [1.165, 1.54) is 23.9 Å². The molecule has 0 heterocycles. The molecule has 32 heavy (non-hydrogen) atoms. The van der Waals surface area contributed by atoms with Gasteiger partial charge in [-0.3, -0.25) is 14.9 Å². The van der Waals surface area contributed by atoms with Crippen LogP contribution in [0.5, 0.6) is 0 Å². The van der Waals surface area contributed by atoms with Gasteiger partial charge in [-0.1, -0.05) is 41.6 Å². The molecule has 3 rings (SSSR count). The lowest BCUT2D eigenvalue weighted by Gasteiger charge is -2.12. The Morgan fingerprint density at radius 2 is 1.78 bits per heavy atom. The van der Waals surface area contributed by atoms with Gasteiger partial charge in [0.15, 0.2) is 0 Å². The monoisotopic (exact) mass is 598 g/mol. The molecule has 0 fully saturated rings. The summed E-state index contributed by atoms with van der Waals surface area (Å²) in [6.45, 7) is 1.94. The van der Waals surface area contributed by atoms with Gasteiger partial charge in [0.1, 0.15) is 0 Å². The van der Waals surface area contributed by atoms with Crippen LogP contribution in [0.15, 0.2) is 79.4 Å². The predicted octanol–water partition coefficient (Wildman–Crippen LogP) is 5.84. The quantitative estimate of drug-likeness (QED) is 0.270. The molecule has 0 bridgehead atoms. The molecule has 0 unspecified atom stereocenters. The summed E-state index contributed by atoms with van der Waals surface area (Å²) in [6.07, 6.45) is 0. The molecular weight excluding hydrogens is 584 g/mol. The molecule has 11 heteroatoms. The molecule has 1 N–H and O–H groups in total. The van der Waals surface area contributed by atoms with Crippen molar-refractivity contribution in [3.63, 3.8) is 0 Å². The van der Waals surface area contributed by atoms with E-state index in [9.17, 15) is 23.3 Å². The van der Waals surface area contributed by atoms with Crippen molar-refractivity contribution in [3.8, 4) is 0 Å². The van der Waals surface area contributed by atoms with Crippen molar-refractivity contribution in [1.82, 2.24) is 4.72 Å². The van der Waals surface area contributed by atoms with Crippen molar-refractivity contribution in [1.29, 1.82) is 0 Å². The van der Waals surface area contributed by atoms with Gasteiger partial charge in [0, 0.05) is 30.9 Å². The highest BCUT2D eigenvalue weighted by atomic mass is 79.9. The zero-order chi connectivity index (χ0) is 23.5. The molecule has 3 aromatic carbocycles. The van der Waals surface area contributed by atoms with Crippen molar-refractivity contribution in [3.05, 3.63) is 96.4 Å². The van der Waals surface area contributed by atoms with Crippen LogP contribution in [0.3, 0.4) is 0 Å². The van der Waals surface area contributed by atoms with Crippen LogP contribution < -0.4 is 4.72 Å². The predicted molar refractivity (Wildman–Crippen MR) is 130 cm³/mol. The van der Waals surface area contributed by atoms with Gasteiger partial charge in [0.25, 0.3) is 11.6 Å². The molecule has 0 aliphatic rings. The van der Waals surface area contributed by atoms with Crippen LogP contribution in [0.4, 0.5) is 5.69 Å². The number of benzene rings is 3. The normalized spacial score (nSPS) is 11.2. The molecule has 0 saturated carbocycles. The molecule has 0 aromatic heterocycles. The number of aryl methyl sites for hydroxylation is 1. The fourth-order valence-electron chi connectivity index (χ4n) is 2.73. The maximum absolute atomic E-state index is 12.9. The molecule has 0 radical (unpaired) electrons. The molecule has 0 spiro atoms. The smallest absolute Gasteiger partial charge is 0.268 e. The van der Waals surface area contributed by atoms with E-state index in [1.807, 2.05) is 35.9 Å². The molecule has 1 amide bonds. The first-order chi connectivity index (χ1) is 15.1. The average Bonchev–Trinajstić information content (AvgIpc) is 2.72. The minimum Gasteiger partial charge on any atom is -0.268 e. The van der Waals surface area contributed by atoms with Crippen molar-refractivity contribution in [2.24, 2.45) is 0 Å². The number of hydrogen-bond donors (Lipinski definition) is 1. The number of halogens is 2. The minimum atomic E-state index is -4.08. The average molecular weight is 600 g/mol. The molecular formula is C21H16Br2N2O5S2. The Morgan fingerprint density at radius 1 is 1.09 bits per heavy atom. The van der Waals surface area contributed by atoms with Gasteiger partial charge in [-0.05, 0) is 68.6 Å². The van der Waals surface area contributed by atoms with E-state index in [-0.39, 0.29) is 11.3 Å². The van der Waals surface area contributed by atoms with Crippen LogP contribution >= 0.6 is 43.6 Å². The van der Waals surface area contributed by atoms with Crippen molar-refractivity contribution in [2.75, 3.05) is 0 Å². The minimum absolute atomic E-state index is 0.0957. The summed E-state index contributed by atoms with van der Waals surface area (Å²) < 4.78 is 28.6. The van der Waals surface area contributed by atoms with E-state index in [0.29, 0.717) is 19.4 Å². The number of nitrogens with one attached hydrogen (secondary N) is 1. The SMILES string of the molecule is Cc1ccc(Sc2ccc([N+](=O)[O-])cc2C(=O)NS(=O)(=O)Cc2cccc(Br)c2Br)cc1. The van der Waals surface area contributed by atoms with Crippen LogP contribution in [-0.2, 0) is 15.8 Å². The number of non-ortho nitro benzene ring substituents is 1. The largest absolute Gasteiger partial charge is 0.270 e. The Bertz CT molecular complexity index is 1300. The first-order valence-electron chi connectivity index (χ1n) is 9.06. The van der Waals surface area contributed by atoms with E-state index in [1.54, 1.807) is 18.2 Å². The third-order valence-electron chi connectivity index (χ3n) is 4.29. The Labute approximate surface area is 206 Å². The fourth-order valence-corrected chi connectivity index (χ4v) is 5.76. The number of carbonyl (C=O) groups is 1. The lowest BCUT2D eigenvalue weighted by molar-refractivity contribution is -0.384. The molecule has 0 saturated heterocycles. The molecule has 7 nitrogen and oxygen atoms in total. The fraction of sp³-hybridized carbons (Fsp3) is 0.0952. The van der Waals surface area contributed by atoms with E-state index >= 15 is 0 Å². The van der Waals surface area contributed by atoms with Crippen molar-refractivity contribution in [2.45, 2.75) is 22.5 Å². The lowest BCUT2D eigenvalue weighted by atomic mass is 10.2. The highest BCUT2D eigenvalue weighted by Crippen LogP contribution is 2.33. The Hall–Kier alpha value is -2.21. The Morgan fingerprint density at radius 3 is 2.44 bits per heavy atom. The second kappa shape index (κ2) is 10.2. The highest BCUT2D eigenvalue weighted by Gasteiger charge is 2.23. The second-order valence-electron chi connectivity index (χ2n) is 6.76. The zero-order valence-corrected chi connectivity index (χ0v) is 21.3. The molecule has 3 aromatic rings. The number of hydrogen-bond acceptors (Lipinski definition) is 6. The standard InChI is InChI=1S/C21H16Br2N2O5S2/c1-13-5-8-16(9-6-13)31-19-10-7-15(25(27)28)11-17(19)21(26)24-32(29,30)12-14-3-2-4-18(22)20(14)23/h2-11H,12H2,1H3,(H,24,26). The van der Waals surface area contributed by atoms with Crippen LogP contribution in [-0.4, -0.2) is 19.2 Å². The summed E-state index contributed by atoms with van der Waals surface area (Å²) >= 11 is 7.85. The third kappa shape index (κ3) is 6.18. The van der Waals surface area contributed by atoms with Gasteiger partial charge < -0.3 is 0 Å². The number of nitro groups is 1. The summed E-state index contributed by atoms with van der Waals surface area (Å²) in [7, 11) is -4.08. The van der Waals surface area contributed by atoms with E-state index in [4.69, 9.17) is 0 Å². The Balaban J connectivity index is 1.91. The topological polar surface area (TPSA) is 106 Å². The Kier molecular flexibility index (Phi) is 7.75. The second-order valence-corrected chi connectivity index (χ2v) is 11.2. The number of rotatable bonds is 7.